The highest BCUT2D eigenvalue weighted by atomic mass is 19.1. The van der Waals surface area contributed by atoms with Gasteiger partial charge in [-0.15, -0.1) is 0 Å². The van der Waals surface area contributed by atoms with Crippen LogP contribution in [-0.4, -0.2) is 19.7 Å². The van der Waals surface area contributed by atoms with E-state index in [-0.39, 0.29) is 5.82 Å². The molecule has 0 aromatic heterocycles. The number of ether oxygens (including phenoxy) is 1. The van der Waals surface area contributed by atoms with Gasteiger partial charge in [-0.1, -0.05) is 19.9 Å². The molecule has 1 heterocycles. The van der Waals surface area contributed by atoms with Crippen LogP contribution < -0.4 is 10.1 Å². The summed E-state index contributed by atoms with van der Waals surface area (Å²) in [4.78, 5) is 0. The van der Waals surface area contributed by atoms with E-state index < -0.39 is 0 Å². The second-order valence-electron chi connectivity index (χ2n) is 4.68. The minimum absolute atomic E-state index is 0.267. The Balaban J connectivity index is 2.02. The number of halogens is 1. The summed E-state index contributed by atoms with van der Waals surface area (Å²) >= 11 is 0. The molecule has 1 fully saturated rings. The zero-order valence-electron chi connectivity index (χ0n) is 9.79. The second kappa shape index (κ2) is 4.83. The Hall–Kier alpha value is -1.09. The van der Waals surface area contributed by atoms with Crippen LogP contribution in [0.15, 0.2) is 18.2 Å². The van der Waals surface area contributed by atoms with Crippen molar-refractivity contribution in [2.75, 3.05) is 19.7 Å². The number of rotatable bonds is 4. The van der Waals surface area contributed by atoms with Gasteiger partial charge >= 0.3 is 0 Å². The van der Waals surface area contributed by atoms with Gasteiger partial charge in [0, 0.05) is 19.0 Å². The summed E-state index contributed by atoms with van der Waals surface area (Å²) in [5.74, 6) is 1.05. The molecule has 1 N–H and O–H groups in total. The standard InChI is InChI=1S/C13H18FNO/c1-9(2)11-3-4-12(14)13(5-11)16-8-10-6-15-7-10/h3-5,9-10,15H,6-8H2,1-2H3. The minimum atomic E-state index is -0.267. The van der Waals surface area contributed by atoms with Gasteiger partial charge in [-0.05, 0) is 23.6 Å². The summed E-state index contributed by atoms with van der Waals surface area (Å²) in [6.45, 7) is 6.74. The summed E-state index contributed by atoms with van der Waals surface area (Å²) in [5, 5.41) is 3.17. The second-order valence-corrected chi connectivity index (χ2v) is 4.68. The van der Waals surface area contributed by atoms with Crippen LogP contribution in [0, 0.1) is 11.7 Å². The molecule has 1 aliphatic heterocycles. The first-order chi connectivity index (χ1) is 7.66. The van der Waals surface area contributed by atoms with Crippen molar-refractivity contribution >= 4 is 0 Å². The molecule has 1 aliphatic rings. The third-order valence-corrected chi connectivity index (χ3v) is 2.96. The average Bonchev–Trinajstić information content (AvgIpc) is 2.18. The van der Waals surface area contributed by atoms with Crippen molar-refractivity contribution in [3.05, 3.63) is 29.6 Å². The predicted molar refractivity (Wildman–Crippen MR) is 62.3 cm³/mol. The van der Waals surface area contributed by atoms with E-state index in [9.17, 15) is 4.39 Å². The molecule has 2 rings (SSSR count). The highest BCUT2D eigenvalue weighted by Gasteiger charge is 2.18. The quantitative estimate of drug-likeness (QED) is 0.847. The fourth-order valence-corrected chi connectivity index (χ4v) is 1.66. The summed E-state index contributed by atoms with van der Waals surface area (Å²) < 4.78 is 19.0. The van der Waals surface area contributed by atoms with E-state index in [1.54, 1.807) is 0 Å². The molecule has 2 nitrogen and oxygen atoms in total. The Kier molecular flexibility index (Phi) is 3.44. The van der Waals surface area contributed by atoms with Gasteiger partial charge in [-0.3, -0.25) is 0 Å². The Morgan fingerprint density at radius 3 is 2.75 bits per heavy atom. The summed E-state index contributed by atoms with van der Waals surface area (Å²) in [6, 6.07) is 5.12. The molecule has 0 aliphatic carbocycles. The van der Waals surface area contributed by atoms with Gasteiger partial charge in [0.25, 0.3) is 0 Å². The highest BCUT2D eigenvalue weighted by molar-refractivity contribution is 5.32. The summed E-state index contributed by atoms with van der Waals surface area (Å²) in [6.07, 6.45) is 0. The van der Waals surface area contributed by atoms with Crippen molar-refractivity contribution in [2.24, 2.45) is 5.92 Å². The molecule has 16 heavy (non-hydrogen) atoms. The van der Waals surface area contributed by atoms with Crippen LogP contribution in [0.3, 0.4) is 0 Å². The van der Waals surface area contributed by atoms with Crippen LogP contribution in [0.4, 0.5) is 4.39 Å². The largest absolute Gasteiger partial charge is 0.490 e. The molecule has 1 aromatic rings. The number of benzene rings is 1. The lowest BCUT2D eigenvalue weighted by molar-refractivity contribution is 0.193. The summed E-state index contributed by atoms with van der Waals surface area (Å²) in [7, 11) is 0. The third kappa shape index (κ3) is 2.53. The molecule has 3 heteroatoms. The number of nitrogens with one attached hydrogen (secondary N) is 1. The third-order valence-electron chi connectivity index (χ3n) is 2.96. The minimum Gasteiger partial charge on any atom is -0.490 e. The van der Waals surface area contributed by atoms with Gasteiger partial charge in [0.1, 0.15) is 0 Å². The zero-order valence-corrected chi connectivity index (χ0v) is 9.79. The van der Waals surface area contributed by atoms with E-state index >= 15 is 0 Å². The van der Waals surface area contributed by atoms with Crippen molar-refractivity contribution < 1.29 is 9.13 Å². The van der Waals surface area contributed by atoms with Gasteiger partial charge < -0.3 is 10.1 Å². The van der Waals surface area contributed by atoms with E-state index in [0.717, 1.165) is 18.7 Å². The molecule has 0 atom stereocenters. The topological polar surface area (TPSA) is 21.3 Å². The van der Waals surface area contributed by atoms with Gasteiger partial charge in [0.05, 0.1) is 6.61 Å². The van der Waals surface area contributed by atoms with Crippen LogP contribution in [0.25, 0.3) is 0 Å². The zero-order chi connectivity index (χ0) is 11.5. The normalized spacial score (nSPS) is 16.2. The van der Waals surface area contributed by atoms with E-state index in [4.69, 9.17) is 4.74 Å². The smallest absolute Gasteiger partial charge is 0.165 e. The maximum atomic E-state index is 13.5. The van der Waals surface area contributed by atoms with Crippen LogP contribution in [-0.2, 0) is 0 Å². The van der Waals surface area contributed by atoms with Crippen molar-refractivity contribution in [3.63, 3.8) is 0 Å². The first-order valence-electron chi connectivity index (χ1n) is 5.80. The molecule has 0 amide bonds. The van der Waals surface area contributed by atoms with Gasteiger partial charge in [-0.2, -0.15) is 0 Å². The van der Waals surface area contributed by atoms with Crippen molar-refractivity contribution in [1.82, 2.24) is 5.32 Å². The molecule has 1 saturated heterocycles. The predicted octanol–water partition coefficient (Wildman–Crippen LogP) is 2.55. The van der Waals surface area contributed by atoms with Crippen LogP contribution in [0.5, 0.6) is 5.75 Å². The molecule has 0 saturated carbocycles. The maximum Gasteiger partial charge on any atom is 0.165 e. The maximum absolute atomic E-state index is 13.5. The Morgan fingerprint density at radius 2 is 2.19 bits per heavy atom. The van der Waals surface area contributed by atoms with Crippen molar-refractivity contribution in [1.29, 1.82) is 0 Å². The first-order valence-corrected chi connectivity index (χ1v) is 5.80. The molecule has 1 aromatic carbocycles. The van der Waals surface area contributed by atoms with Gasteiger partial charge in [0.15, 0.2) is 11.6 Å². The lowest BCUT2D eigenvalue weighted by Gasteiger charge is -2.27. The Morgan fingerprint density at radius 1 is 1.44 bits per heavy atom. The fraction of sp³-hybridized carbons (Fsp3) is 0.538. The van der Waals surface area contributed by atoms with Crippen LogP contribution >= 0.6 is 0 Å². The molecule has 0 radical (unpaired) electrons. The molecular formula is C13H18FNO. The average molecular weight is 223 g/mol. The van der Waals surface area contributed by atoms with Gasteiger partial charge in [0.2, 0.25) is 0 Å². The van der Waals surface area contributed by atoms with Crippen molar-refractivity contribution in [3.8, 4) is 5.75 Å². The fourth-order valence-electron chi connectivity index (χ4n) is 1.66. The number of hydrogen-bond acceptors (Lipinski definition) is 2. The SMILES string of the molecule is CC(C)c1ccc(F)c(OCC2CNC2)c1. The molecule has 0 spiro atoms. The monoisotopic (exact) mass is 223 g/mol. The highest BCUT2D eigenvalue weighted by Crippen LogP contribution is 2.24. The first kappa shape index (κ1) is 11.4. The van der Waals surface area contributed by atoms with Crippen LogP contribution in [0.1, 0.15) is 25.3 Å². The summed E-state index contributed by atoms with van der Waals surface area (Å²) in [5.41, 5.74) is 1.11. The molecule has 88 valence electrons. The van der Waals surface area contributed by atoms with E-state index in [2.05, 4.69) is 19.2 Å². The Bertz CT molecular complexity index is 361. The lowest BCUT2D eigenvalue weighted by atomic mass is 10.0. The van der Waals surface area contributed by atoms with Gasteiger partial charge in [-0.25, -0.2) is 4.39 Å². The lowest BCUT2D eigenvalue weighted by Crippen LogP contribution is -2.45. The Labute approximate surface area is 95.8 Å². The molecule has 0 unspecified atom stereocenters. The number of hydrogen-bond donors (Lipinski definition) is 1. The molecule has 0 bridgehead atoms. The van der Waals surface area contributed by atoms with E-state index in [0.29, 0.717) is 24.2 Å². The van der Waals surface area contributed by atoms with Crippen molar-refractivity contribution in [2.45, 2.75) is 19.8 Å². The van der Waals surface area contributed by atoms with E-state index in [1.165, 1.54) is 6.07 Å². The molecular weight excluding hydrogens is 205 g/mol. The van der Waals surface area contributed by atoms with Crippen LogP contribution in [0.2, 0.25) is 0 Å². The van der Waals surface area contributed by atoms with E-state index in [1.807, 2.05) is 12.1 Å².